The van der Waals surface area contributed by atoms with Crippen LogP contribution in [0.2, 0.25) is 0 Å². The monoisotopic (exact) mass is 244 g/mol. The molecule has 2 aliphatic carbocycles. The van der Waals surface area contributed by atoms with Crippen molar-refractivity contribution in [2.24, 2.45) is 11.8 Å². The average Bonchev–Trinajstić information content (AvgIpc) is 3.04. The largest absolute Gasteiger partial charge is 0.462 e. The maximum Gasteiger partial charge on any atom is 0.162 e. The van der Waals surface area contributed by atoms with E-state index in [4.69, 9.17) is 4.42 Å². The minimum atomic E-state index is 0.301. The van der Waals surface area contributed by atoms with Gasteiger partial charge in [0.15, 0.2) is 5.78 Å². The van der Waals surface area contributed by atoms with Gasteiger partial charge in [-0.2, -0.15) is 0 Å². The lowest BCUT2D eigenvalue weighted by molar-refractivity contribution is -0.119. The third kappa shape index (κ3) is 2.16. The molecule has 0 aliphatic heterocycles. The van der Waals surface area contributed by atoms with Gasteiger partial charge in [-0.3, -0.25) is 4.79 Å². The molecule has 1 heterocycles. The van der Waals surface area contributed by atoms with Crippen molar-refractivity contribution in [3.8, 4) is 0 Å². The lowest BCUT2D eigenvalue weighted by Crippen LogP contribution is -2.16. The SMILES string of the molecule is Cc1ccc(/C=C2\CCC(C3CCCC3)C2=O)o1. The molecule has 0 amide bonds. The van der Waals surface area contributed by atoms with Crippen molar-refractivity contribution in [1.29, 1.82) is 0 Å². The summed E-state index contributed by atoms with van der Waals surface area (Å²) >= 11 is 0. The number of aryl methyl sites for hydroxylation is 1. The lowest BCUT2D eigenvalue weighted by Gasteiger charge is -2.15. The maximum absolute atomic E-state index is 12.4. The Bertz CT molecular complexity index is 475. The van der Waals surface area contributed by atoms with E-state index in [1.54, 1.807) is 0 Å². The first-order valence-electron chi connectivity index (χ1n) is 7.05. The Morgan fingerprint density at radius 3 is 2.67 bits per heavy atom. The van der Waals surface area contributed by atoms with Crippen LogP contribution in [0.5, 0.6) is 0 Å². The quantitative estimate of drug-likeness (QED) is 0.732. The van der Waals surface area contributed by atoms with Crippen molar-refractivity contribution in [2.75, 3.05) is 0 Å². The van der Waals surface area contributed by atoms with Gasteiger partial charge in [0.1, 0.15) is 11.5 Å². The Kier molecular flexibility index (Phi) is 3.11. The third-order valence-electron chi connectivity index (χ3n) is 4.42. The first-order valence-corrected chi connectivity index (χ1v) is 7.05. The summed E-state index contributed by atoms with van der Waals surface area (Å²) in [7, 11) is 0. The molecule has 2 nitrogen and oxygen atoms in total. The zero-order valence-corrected chi connectivity index (χ0v) is 10.9. The molecule has 0 bridgehead atoms. The van der Waals surface area contributed by atoms with Crippen molar-refractivity contribution < 1.29 is 9.21 Å². The van der Waals surface area contributed by atoms with E-state index in [0.717, 1.165) is 29.9 Å². The van der Waals surface area contributed by atoms with Gasteiger partial charge in [0.2, 0.25) is 0 Å². The van der Waals surface area contributed by atoms with Gasteiger partial charge < -0.3 is 4.42 Å². The molecule has 2 aliphatic rings. The van der Waals surface area contributed by atoms with Gasteiger partial charge in [-0.15, -0.1) is 0 Å². The van der Waals surface area contributed by atoms with Gasteiger partial charge in [-0.05, 0) is 62.3 Å². The fraction of sp³-hybridized carbons (Fsp3) is 0.562. The number of hydrogen-bond donors (Lipinski definition) is 0. The molecule has 0 N–H and O–H groups in total. The van der Waals surface area contributed by atoms with Gasteiger partial charge >= 0.3 is 0 Å². The van der Waals surface area contributed by atoms with Gasteiger partial charge in [-0.1, -0.05) is 12.8 Å². The molecule has 1 atom stereocenters. The Hall–Kier alpha value is -1.31. The second-order valence-corrected chi connectivity index (χ2v) is 5.67. The number of furan rings is 1. The number of ketones is 1. The van der Waals surface area contributed by atoms with Crippen LogP contribution in [0, 0.1) is 18.8 Å². The molecule has 18 heavy (non-hydrogen) atoms. The van der Waals surface area contributed by atoms with E-state index in [2.05, 4.69) is 0 Å². The van der Waals surface area contributed by atoms with Crippen LogP contribution >= 0.6 is 0 Å². The Morgan fingerprint density at radius 2 is 2.00 bits per heavy atom. The molecule has 1 aromatic heterocycles. The molecule has 3 rings (SSSR count). The summed E-state index contributed by atoms with van der Waals surface area (Å²) in [6.45, 7) is 1.93. The molecule has 96 valence electrons. The number of Topliss-reactive ketones (excluding diaryl/α,β-unsaturated/α-hetero) is 1. The highest BCUT2D eigenvalue weighted by atomic mass is 16.3. The predicted molar refractivity (Wildman–Crippen MR) is 71.1 cm³/mol. The molecule has 1 aromatic rings. The van der Waals surface area contributed by atoms with Crippen LogP contribution < -0.4 is 0 Å². The first-order chi connectivity index (χ1) is 8.74. The average molecular weight is 244 g/mol. The van der Waals surface area contributed by atoms with Crippen molar-refractivity contribution >= 4 is 11.9 Å². The van der Waals surface area contributed by atoms with Crippen LogP contribution in [0.25, 0.3) is 6.08 Å². The molecule has 0 aromatic carbocycles. The van der Waals surface area contributed by atoms with Crippen LogP contribution in [-0.4, -0.2) is 5.78 Å². The minimum absolute atomic E-state index is 0.301. The predicted octanol–water partition coefficient (Wildman–Crippen LogP) is 4.14. The number of carbonyl (C=O) groups is 1. The third-order valence-corrected chi connectivity index (χ3v) is 4.42. The van der Waals surface area contributed by atoms with Crippen LogP contribution in [0.4, 0.5) is 0 Å². The van der Waals surface area contributed by atoms with E-state index in [9.17, 15) is 4.79 Å². The molecule has 2 heteroatoms. The van der Waals surface area contributed by atoms with Gasteiger partial charge in [0.05, 0.1) is 0 Å². The van der Waals surface area contributed by atoms with Crippen LogP contribution in [0.1, 0.15) is 50.0 Å². The molecular formula is C16H20O2. The summed E-state index contributed by atoms with van der Waals surface area (Å²) in [4.78, 5) is 12.4. The first kappa shape index (κ1) is 11.8. The number of allylic oxidation sites excluding steroid dienone is 1. The van der Waals surface area contributed by atoms with Crippen molar-refractivity contribution in [2.45, 2.75) is 45.4 Å². The zero-order chi connectivity index (χ0) is 12.5. The summed E-state index contributed by atoms with van der Waals surface area (Å²) in [6.07, 6.45) is 9.06. The number of carbonyl (C=O) groups excluding carboxylic acids is 1. The smallest absolute Gasteiger partial charge is 0.162 e. The molecule has 2 fully saturated rings. The van der Waals surface area contributed by atoms with E-state index in [1.165, 1.54) is 25.7 Å². The summed E-state index contributed by atoms with van der Waals surface area (Å²) in [5.74, 6) is 3.06. The lowest BCUT2D eigenvalue weighted by atomic mass is 9.88. The maximum atomic E-state index is 12.4. The van der Waals surface area contributed by atoms with E-state index in [0.29, 0.717) is 17.6 Å². The van der Waals surface area contributed by atoms with E-state index in [-0.39, 0.29) is 0 Å². The summed E-state index contributed by atoms with van der Waals surface area (Å²) in [5, 5.41) is 0. The summed E-state index contributed by atoms with van der Waals surface area (Å²) in [5.41, 5.74) is 0.973. The van der Waals surface area contributed by atoms with E-state index in [1.807, 2.05) is 25.1 Å². The minimum Gasteiger partial charge on any atom is -0.462 e. The van der Waals surface area contributed by atoms with E-state index >= 15 is 0 Å². The highest BCUT2D eigenvalue weighted by Gasteiger charge is 2.36. The fourth-order valence-corrected chi connectivity index (χ4v) is 3.46. The van der Waals surface area contributed by atoms with Crippen molar-refractivity contribution in [1.82, 2.24) is 0 Å². The normalized spacial score (nSPS) is 27.5. The van der Waals surface area contributed by atoms with Crippen LogP contribution in [0.15, 0.2) is 22.1 Å². The molecule has 0 spiro atoms. The molecule has 0 radical (unpaired) electrons. The zero-order valence-electron chi connectivity index (χ0n) is 10.9. The second-order valence-electron chi connectivity index (χ2n) is 5.67. The summed E-state index contributed by atoms with van der Waals surface area (Å²) < 4.78 is 5.53. The highest BCUT2D eigenvalue weighted by Crippen LogP contribution is 2.40. The van der Waals surface area contributed by atoms with Crippen molar-refractivity contribution in [3.05, 3.63) is 29.2 Å². The molecule has 1 unspecified atom stereocenters. The molecule has 0 saturated heterocycles. The second kappa shape index (κ2) is 4.75. The van der Waals surface area contributed by atoms with Gasteiger partial charge in [-0.25, -0.2) is 0 Å². The van der Waals surface area contributed by atoms with Crippen molar-refractivity contribution in [3.63, 3.8) is 0 Å². The Balaban J connectivity index is 1.75. The van der Waals surface area contributed by atoms with Crippen LogP contribution in [-0.2, 0) is 4.79 Å². The van der Waals surface area contributed by atoms with Crippen LogP contribution in [0.3, 0.4) is 0 Å². The highest BCUT2D eigenvalue weighted by molar-refractivity contribution is 6.03. The standard InChI is InChI=1S/C16H20O2/c1-11-6-8-14(18-11)10-13-7-9-15(16(13)17)12-4-2-3-5-12/h6,8,10,12,15H,2-5,7,9H2,1H3/b13-10+. The molecule has 2 saturated carbocycles. The topological polar surface area (TPSA) is 30.2 Å². The van der Waals surface area contributed by atoms with Gasteiger partial charge in [0.25, 0.3) is 0 Å². The molecular weight excluding hydrogens is 224 g/mol. The van der Waals surface area contributed by atoms with Gasteiger partial charge in [0, 0.05) is 5.92 Å². The van der Waals surface area contributed by atoms with E-state index < -0.39 is 0 Å². The Labute approximate surface area is 108 Å². The fourth-order valence-electron chi connectivity index (χ4n) is 3.46. The Morgan fingerprint density at radius 1 is 1.22 bits per heavy atom. The number of hydrogen-bond acceptors (Lipinski definition) is 2. The summed E-state index contributed by atoms with van der Waals surface area (Å²) in [6, 6.07) is 3.89. The number of rotatable bonds is 2.